The van der Waals surface area contributed by atoms with Crippen LogP contribution in [0.25, 0.3) is 10.8 Å². The highest BCUT2D eigenvalue weighted by molar-refractivity contribution is 5.91. The van der Waals surface area contributed by atoms with Gasteiger partial charge in [0.05, 0.1) is 12.0 Å². The number of alkyl halides is 3. The molecule has 2 aromatic carbocycles. The van der Waals surface area contributed by atoms with E-state index >= 15 is 0 Å². The number of carboxylic acids is 1. The van der Waals surface area contributed by atoms with Crippen LogP contribution < -0.4 is 9.64 Å². The van der Waals surface area contributed by atoms with E-state index in [1.54, 1.807) is 18.2 Å². The molecule has 2 atom stereocenters. The van der Waals surface area contributed by atoms with Crippen LogP contribution in [0.2, 0.25) is 0 Å². The molecule has 1 aliphatic carbocycles. The molecule has 7 heteroatoms. The number of fused-ring (bicyclic) bond motifs is 3. The van der Waals surface area contributed by atoms with Crippen molar-refractivity contribution in [1.29, 1.82) is 0 Å². The lowest BCUT2D eigenvalue weighted by Gasteiger charge is -2.39. The van der Waals surface area contributed by atoms with E-state index in [2.05, 4.69) is 11.8 Å². The molecule has 0 amide bonds. The zero-order chi connectivity index (χ0) is 23.3. The summed E-state index contributed by atoms with van der Waals surface area (Å²) in [6.45, 7) is 2.17. The van der Waals surface area contributed by atoms with Crippen molar-refractivity contribution in [2.75, 3.05) is 4.90 Å². The third-order valence-electron chi connectivity index (χ3n) is 7.89. The third kappa shape index (κ3) is 4.26. The molecule has 33 heavy (non-hydrogen) atoms. The van der Waals surface area contributed by atoms with Gasteiger partial charge in [0, 0.05) is 17.8 Å². The van der Waals surface area contributed by atoms with Crippen LogP contribution >= 0.6 is 0 Å². The first-order chi connectivity index (χ1) is 15.7. The van der Waals surface area contributed by atoms with Crippen LogP contribution in [0.3, 0.4) is 0 Å². The number of piperidine rings is 1. The average Bonchev–Trinajstić information content (AvgIpc) is 3.02. The van der Waals surface area contributed by atoms with Crippen LogP contribution in [-0.2, 0) is 11.0 Å². The van der Waals surface area contributed by atoms with E-state index in [1.165, 1.54) is 6.07 Å². The van der Waals surface area contributed by atoms with Crippen molar-refractivity contribution in [1.82, 2.24) is 0 Å². The zero-order valence-corrected chi connectivity index (χ0v) is 18.8. The molecular weight excluding hydrogens is 431 g/mol. The van der Waals surface area contributed by atoms with Gasteiger partial charge in [-0.1, -0.05) is 19.1 Å². The van der Waals surface area contributed by atoms with Crippen LogP contribution in [0.4, 0.5) is 18.9 Å². The fraction of sp³-hybridized carbons (Fsp3) is 0.577. The number of hydrogen-bond donors (Lipinski definition) is 1. The molecular formula is C26H30F3NO3. The monoisotopic (exact) mass is 461 g/mol. The minimum absolute atomic E-state index is 0.0790. The normalized spacial score (nSPS) is 29.9. The number of aliphatic carboxylic acids is 1. The first-order valence-corrected chi connectivity index (χ1v) is 12.0. The van der Waals surface area contributed by atoms with Crippen molar-refractivity contribution < 1.29 is 27.8 Å². The molecule has 178 valence electrons. The van der Waals surface area contributed by atoms with Gasteiger partial charge in [0.1, 0.15) is 11.3 Å². The van der Waals surface area contributed by atoms with Gasteiger partial charge in [-0.05, 0) is 86.3 Å². The molecule has 2 aliphatic heterocycles. The molecule has 5 rings (SSSR count). The first-order valence-electron chi connectivity index (χ1n) is 12.0. The highest BCUT2D eigenvalue weighted by atomic mass is 19.4. The topological polar surface area (TPSA) is 49.8 Å². The number of carbonyl (C=O) groups is 1. The number of ether oxygens (including phenoxy) is 1. The molecule has 2 bridgehead atoms. The van der Waals surface area contributed by atoms with Crippen molar-refractivity contribution in [3.63, 3.8) is 0 Å². The van der Waals surface area contributed by atoms with Gasteiger partial charge in [-0.15, -0.1) is 0 Å². The standard InChI is InChI=1S/C26H30F3NO3/c1-15-2-8-21(9-3-15)33-23-11-4-16-12-20(7-10-22(16)24(23)26(27,28)29)30-18-5-6-19(30)14-17(13-18)25(31)32/h4,7,10-12,15,17-19,21H,2-3,5-6,8-9,13-14H2,1H3,(H,31,32). The van der Waals surface area contributed by atoms with Crippen molar-refractivity contribution in [2.45, 2.75) is 82.7 Å². The summed E-state index contributed by atoms with van der Waals surface area (Å²) < 4.78 is 48.4. The fourth-order valence-corrected chi connectivity index (χ4v) is 6.18. The highest BCUT2D eigenvalue weighted by Crippen LogP contribution is 2.46. The Kier molecular flexibility index (Phi) is 5.69. The molecule has 3 aliphatic rings. The first kappa shape index (κ1) is 22.4. The Morgan fingerprint density at radius 2 is 1.67 bits per heavy atom. The van der Waals surface area contributed by atoms with Gasteiger partial charge in [-0.3, -0.25) is 4.79 Å². The SMILES string of the molecule is CC1CCC(Oc2ccc3cc(N4C5CCC4CC(C(=O)O)C5)ccc3c2C(F)(F)F)CC1. The summed E-state index contributed by atoms with van der Waals surface area (Å²) in [4.78, 5) is 13.7. The minimum Gasteiger partial charge on any atom is -0.490 e. The second-order valence-electron chi connectivity index (χ2n) is 10.1. The Bertz CT molecular complexity index is 1030. The summed E-state index contributed by atoms with van der Waals surface area (Å²) in [6, 6.07) is 8.59. The third-order valence-corrected chi connectivity index (χ3v) is 7.89. The van der Waals surface area contributed by atoms with E-state index in [4.69, 9.17) is 4.74 Å². The van der Waals surface area contributed by atoms with Gasteiger partial charge in [-0.25, -0.2) is 0 Å². The Morgan fingerprint density at radius 3 is 2.27 bits per heavy atom. The predicted molar refractivity (Wildman–Crippen MR) is 121 cm³/mol. The van der Waals surface area contributed by atoms with Gasteiger partial charge in [0.2, 0.25) is 0 Å². The fourth-order valence-electron chi connectivity index (χ4n) is 6.18. The van der Waals surface area contributed by atoms with E-state index in [9.17, 15) is 23.1 Å². The summed E-state index contributed by atoms with van der Waals surface area (Å²) in [7, 11) is 0. The second kappa shape index (κ2) is 8.41. The number of hydrogen-bond acceptors (Lipinski definition) is 3. The summed E-state index contributed by atoms with van der Waals surface area (Å²) in [5.74, 6) is -0.569. The smallest absolute Gasteiger partial charge is 0.420 e. The number of anilines is 1. The Hall–Kier alpha value is -2.44. The maximum absolute atomic E-state index is 14.2. The van der Waals surface area contributed by atoms with Gasteiger partial charge in [0.15, 0.2) is 0 Å². The Labute approximate surface area is 191 Å². The van der Waals surface area contributed by atoms with Crippen LogP contribution in [-0.4, -0.2) is 29.3 Å². The van der Waals surface area contributed by atoms with Gasteiger partial charge in [-0.2, -0.15) is 13.2 Å². The largest absolute Gasteiger partial charge is 0.490 e. The number of benzene rings is 2. The van der Waals surface area contributed by atoms with Crippen LogP contribution in [0.5, 0.6) is 5.75 Å². The van der Waals surface area contributed by atoms with E-state index in [1.807, 2.05) is 6.07 Å². The molecule has 2 aromatic rings. The lowest BCUT2D eigenvalue weighted by atomic mass is 9.89. The lowest BCUT2D eigenvalue weighted by molar-refractivity contribution is -0.143. The molecule has 0 radical (unpaired) electrons. The quantitative estimate of drug-likeness (QED) is 0.554. The van der Waals surface area contributed by atoms with Gasteiger partial charge >= 0.3 is 12.1 Å². The van der Waals surface area contributed by atoms with E-state index in [-0.39, 0.29) is 35.2 Å². The maximum Gasteiger partial charge on any atom is 0.420 e. The van der Waals surface area contributed by atoms with Crippen LogP contribution in [0, 0.1) is 11.8 Å². The van der Waals surface area contributed by atoms with E-state index < -0.39 is 17.7 Å². The highest BCUT2D eigenvalue weighted by Gasteiger charge is 2.43. The molecule has 2 unspecified atom stereocenters. The van der Waals surface area contributed by atoms with Gasteiger partial charge < -0.3 is 14.7 Å². The number of carboxylic acid groups (broad SMARTS) is 1. The molecule has 0 spiro atoms. The second-order valence-corrected chi connectivity index (χ2v) is 10.1. The molecule has 4 nitrogen and oxygen atoms in total. The van der Waals surface area contributed by atoms with E-state index in [0.717, 1.165) is 44.2 Å². The molecule has 3 fully saturated rings. The number of nitrogens with zero attached hydrogens (tertiary/aromatic N) is 1. The molecule has 1 N–H and O–H groups in total. The number of rotatable bonds is 4. The molecule has 1 saturated carbocycles. The van der Waals surface area contributed by atoms with Crippen LogP contribution in [0.15, 0.2) is 30.3 Å². The number of halogens is 3. The van der Waals surface area contributed by atoms with Crippen LogP contribution in [0.1, 0.15) is 63.9 Å². The maximum atomic E-state index is 14.2. The lowest BCUT2D eigenvalue weighted by Crippen LogP contribution is -2.44. The summed E-state index contributed by atoms with van der Waals surface area (Å²) in [5.41, 5.74) is 0.180. The summed E-state index contributed by atoms with van der Waals surface area (Å²) >= 11 is 0. The predicted octanol–water partition coefficient (Wildman–Crippen LogP) is 6.65. The van der Waals surface area contributed by atoms with Crippen molar-refractivity contribution in [3.05, 3.63) is 35.9 Å². The van der Waals surface area contributed by atoms with E-state index in [0.29, 0.717) is 24.1 Å². The van der Waals surface area contributed by atoms with Crippen molar-refractivity contribution in [3.8, 4) is 5.75 Å². The van der Waals surface area contributed by atoms with Crippen molar-refractivity contribution in [2.24, 2.45) is 11.8 Å². The summed E-state index contributed by atoms with van der Waals surface area (Å²) in [6.07, 6.45) is 1.85. The molecule has 0 aromatic heterocycles. The Balaban J connectivity index is 1.46. The molecule has 2 heterocycles. The van der Waals surface area contributed by atoms with Gasteiger partial charge in [0.25, 0.3) is 0 Å². The molecule has 2 saturated heterocycles. The minimum atomic E-state index is -4.52. The zero-order valence-electron chi connectivity index (χ0n) is 18.8. The average molecular weight is 462 g/mol. The Morgan fingerprint density at radius 1 is 1.00 bits per heavy atom. The van der Waals surface area contributed by atoms with Crippen molar-refractivity contribution >= 4 is 22.4 Å². The summed E-state index contributed by atoms with van der Waals surface area (Å²) in [5, 5.41) is 10.1.